The molecule has 1 aromatic rings. The lowest BCUT2D eigenvalue weighted by molar-refractivity contribution is 0.118. The summed E-state index contributed by atoms with van der Waals surface area (Å²) in [4.78, 5) is 3.63. The molecule has 14 heavy (non-hydrogen) atoms. The number of aromatic nitrogens is 1. The molecule has 0 aliphatic heterocycles. The molecule has 0 spiro atoms. The Bertz CT molecular complexity index is 316. The average Bonchev–Trinajstić information content (AvgIpc) is 2.18. The lowest BCUT2D eigenvalue weighted by Gasteiger charge is -2.25. The van der Waals surface area contributed by atoms with Crippen LogP contribution in [0.1, 0.15) is 37.2 Å². The Labute approximate surface area is 82.8 Å². The number of halogens is 1. The minimum absolute atomic E-state index is 0.146. The van der Waals surface area contributed by atoms with Crippen LogP contribution < -0.4 is 0 Å². The van der Waals surface area contributed by atoms with Gasteiger partial charge >= 0.3 is 0 Å². The lowest BCUT2D eigenvalue weighted by atomic mass is 9.83. The first-order chi connectivity index (χ1) is 6.77. The zero-order valence-electron chi connectivity index (χ0n) is 7.99. The molecular formula is C11H14FNO. The first kappa shape index (κ1) is 9.59. The predicted octanol–water partition coefficient (Wildman–Crippen LogP) is 2.24. The van der Waals surface area contributed by atoms with Crippen molar-refractivity contribution < 1.29 is 9.50 Å². The number of aliphatic hydroxyl groups excluding tert-OH is 1. The van der Waals surface area contributed by atoms with E-state index < -0.39 is 0 Å². The Morgan fingerprint density at radius 3 is 3.00 bits per heavy atom. The minimum Gasteiger partial charge on any atom is -0.393 e. The molecule has 2 nitrogen and oxygen atoms in total. The van der Waals surface area contributed by atoms with Gasteiger partial charge in [0.25, 0.3) is 0 Å². The van der Waals surface area contributed by atoms with E-state index in [9.17, 15) is 9.50 Å². The van der Waals surface area contributed by atoms with Crippen LogP contribution in [0.4, 0.5) is 4.39 Å². The van der Waals surface area contributed by atoms with Gasteiger partial charge in [0.15, 0.2) is 0 Å². The molecule has 1 aliphatic carbocycles. The first-order valence-corrected chi connectivity index (χ1v) is 5.06. The Hall–Kier alpha value is -0.960. The second-order valence-corrected chi connectivity index (χ2v) is 3.90. The molecule has 1 N–H and O–H groups in total. The van der Waals surface area contributed by atoms with Gasteiger partial charge in [-0.05, 0) is 31.2 Å². The molecule has 2 atom stereocenters. The van der Waals surface area contributed by atoms with Gasteiger partial charge in [-0.1, -0.05) is 12.5 Å². The smallest absolute Gasteiger partial charge is 0.216 e. The summed E-state index contributed by atoms with van der Waals surface area (Å²) in [6, 6.07) is 3.52. The molecule has 76 valence electrons. The Balaban J connectivity index is 2.18. The van der Waals surface area contributed by atoms with Crippen LogP contribution in [0, 0.1) is 5.95 Å². The van der Waals surface area contributed by atoms with Crippen molar-refractivity contribution in [3.05, 3.63) is 29.8 Å². The third-order valence-electron chi connectivity index (χ3n) is 2.87. The third kappa shape index (κ3) is 1.93. The quantitative estimate of drug-likeness (QED) is 0.697. The van der Waals surface area contributed by atoms with Crippen molar-refractivity contribution in [1.29, 1.82) is 0 Å². The van der Waals surface area contributed by atoms with Crippen LogP contribution in [-0.2, 0) is 0 Å². The molecule has 0 radical (unpaired) electrons. The zero-order valence-corrected chi connectivity index (χ0v) is 7.99. The summed E-state index contributed by atoms with van der Waals surface area (Å²) in [6.07, 6.45) is 4.63. The maximum atomic E-state index is 13.3. The highest BCUT2D eigenvalue weighted by Gasteiger charge is 2.23. The van der Waals surface area contributed by atoms with Crippen molar-refractivity contribution in [3.63, 3.8) is 0 Å². The van der Waals surface area contributed by atoms with Gasteiger partial charge in [0.1, 0.15) is 0 Å². The van der Waals surface area contributed by atoms with Gasteiger partial charge in [-0.3, -0.25) is 0 Å². The van der Waals surface area contributed by atoms with Gasteiger partial charge in [0.05, 0.1) is 6.10 Å². The van der Waals surface area contributed by atoms with E-state index in [4.69, 9.17) is 0 Å². The molecule has 3 heteroatoms. The predicted molar refractivity (Wildman–Crippen MR) is 51.4 cm³/mol. The van der Waals surface area contributed by atoms with E-state index >= 15 is 0 Å². The van der Waals surface area contributed by atoms with Crippen LogP contribution >= 0.6 is 0 Å². The molecule has 2 rings (SSSR count). The van der Waals surface area contributed by atoms with Gasteiger partial charge < -0.3 is 5.11 Å². The number of hydrogen-bond donors (Lipinski definition) is 1. The molecule has 1 saturated carbocycles. The second-order valence-electron chi connectivity index (χ2n) is 3.90. The average molecular weight is 195 g/mol. The summed E-state index contributed by atoms with van der Waals surface area (Å²) >= 11 is 0. The molecule has 0 bridgehead atoms. The van der Waals surface area contributed by atoms with Crippen molar-refractivity contribution in [2.45, 2.75) is 37.7 Å². The van der Waals surface area contributed by atoms with Crippen LogP contribution in [0.3, 0.4) is 0 Å². The van der Waals surface area contributed by atoms with Crippen LogP contribution in [0.5, 0.6) is 0 Å². The van der Waals surface area contributed by atoms with E-state index in [0.29, 0.717) is 12.0 Å². The maximum absolute atomic E-state index is 13.3. The third-order valence-corrected chi connectivity index (χ3v) is 2.87. The Morgan fingerprint density at radius 2 is 2.29 bits per heavy atom. The SMILES string of the molecule is O[C@@H]1CCCC(c2cccnc2F)C1. The number of nitrogens with zero attached hydrogens (tertiary/aromatic N) is 1. The maximum Gasteiger partial charge on any atom is 0.216 e. The standard InChI is InChI=1S/C11H14FNO/c12-11-10(5-2-6-13-11)8-3-1-4-9(14)7-8/h2,5-6,8-9,14H,1,3-4,7H2/t8?,9-/m1/s1. The summed E-state index contributed by atoms with van der Waals surface area (Å²) in [6.45, 7) is 0. The fourth-order valence-corrected chi connectivity index (χ4v) is 2.15. The van der Waals surface area contributed by atoms with Crippen molar-refractivity contribution in [3.8, 4) is 0 Å². The van der Waals surface area contributed by atoms with Gasteiger partial charge in [-0.15, -0.1) is 0 Å². The normalized spacial score (nSPS) is 27.6. The number of rotatable bonds is 1. The molecule has 1 aliphatic rings. The fraction of sp³-hybridized carbons (Fsp3) is 0.545. The molecule has 1 unspecified atom stereocenters. The van der Waals surface area contributed by atoms with Crippen LogP contribution in [0.25, 0.3) is 0 Å². The molecular weight excluding hydrogens is 181 g/mol. The molecule has 1 aromatic heterocycles. The molecule has 0 aromatic carbocycles. The van der Waals surface area contributed by atoms with E-state index in [0.717, 1.165) is 19.3 Å². The summed E-state index contributed by atoms with van der Waals surface area (Å²) in [5, 5.41) is 9.49. The second kappa shape index (κ2) is 4.05. The monoisotopic (exact) mass is 195 g/mol. The lowest BCUT2D eigenvalue weighted by Crippen LogP contribution is -2.19. The number of aliphatic hydroxyl groups is 1. The highest BCUT2D eigenvalue weighted by Crippen LogP contribution is 2.33. The largest absolute Gasteiger partial charge is 0.393 e. The van der Waals surface area contributed by atoms with Gasteiger partial charge in [-0.2, -0.15) is 4.39 Å². The molecule has 0 saturated heterocycles. The number of pyridine rings is 1. The summed E-state index contributed by atoms with van der Waals surface area (Å²) in [5.74, 6) is -0.237. The van der Waals surface area contributed by atoms with E-state index in [1.165, 1.54) is 6.20 Å². The Kier molecular flexibility index (Phi) is 2.77. The molecule has 0 amide bonds. The Morgan fingerprint density at radius 1 is 1.43 bits per heavy atom. The number of hydrogen-bond acceptors (Lipinski definition) is 2. The highest BCUT2D eigenvalue weighted by atomic mass is 19.1. The zero-order chi connectivity index (χ0) is 9.97. The van der Waals surface area contributed by atoms with Crippen LogP contribution in [-0.4, -0.2) is 16.2 Å². The summed E-state index contributed by atoms with van der Waals surface area (Å²) in [7, 11) is 0. The van der Waals surface area contributed by atoms with Crippen molar-refractivity contribution in [1.82, 2.24) is 4.98 Å². The first-order valence-electron chi connectivity index (χ1n) is 5.06. The minimum atomic E-state index is -0.383. The van der Waals surface area contributed by atoms with E-state index in [-0.39, 0.29) is 18.0 Å². The molecule has 1 heterocycles. The highest BCUT2D eigenvalue weighted by molar-refractivity contribution is 5.17. The van der Waals surface area contributed by atoms with Crippen molar-refractivity contribution >= 4 is 0 Å². The van der Waals surface area contributed by atoms with Crippen LogP contribution in [0.2, 0.25) is 0 Å². The van der Waals surface area contributed by atoms with Crippen molar-refractivity contribution in [2.75, 3.05) is 0 Å². The summed E-state index contributed by atoms with van der Waals surface area (Å²) in [5.41, 5.74) is 0.659. The fourth-order valence-electron chi connectivity index (χ4n) is 2.15. The van der Waals surface area contributed by atoms with Gasteiger partial charge in [0, 0.05) is 11.8 Å². The molecule has 1 fully saturated rings. The van der Waals surface area contributed by atoms with Gasteiger partial charge in [0.2, 0.25) is 5.95 Å². The van der Waals surface area contributed by atoms with E-state index in [1.54, 1.807) is 12.1 Å². The van der Waals surface area contributed by atoms with Crippen molar-refractivity contribution in [2.24, 2.45) is 0 Å². The van der Waals surface area contributed by atoms with Crippen LogP contribution in [0.15, 0.2) is 18.3 Å². The summed E-state index contributed by atoms with van der Waals surface area (Å²) < 4.78 is 13.3. The van der Waals surface area contributed by atoms with Gasteiger partial charge in [-0.25, -0.2) is 4.98 Å². The van der Waals surface area contributed by atoms with E-state index in [1.807, 2.05) is 0 Å². The van der Waals surface area contributed by atoms with E-state index in [2.05, 4.69) is 4.98 Å². The topological polar surface area (TPSA) is 33.1 Å².